The molecule has 2 heterocycles. The highest BCUT2D eigenvalue weighted by Gasteiger charge is 2.19. The molecule has 1 atom stereocenters. The van der Waals surface area contributed by atoms with Crippen LogP contribution in [0, 0.1) is 0 Å². The Hall–Kier alpha value is -0.390. The lowest BCUT2D eigenvalue weighted by Crippen LogP contribution is -2.22. The maximum absolute atomic E-state index is 6.13. The maximum atomic E-state index is 6.13. The Morgan fingerprint density at radius 2 is 2.14 bits per heavy atom. The summed E-state index contributed by atoms with van der Waals surface area (Å²) in [5.74, 6) is 0. The van der Waals surface area contributed by atoms with E-state index in [1.54, 1.807) is 22.7 Å². The highest BCUT2D eigenvalue weighted by molar-refractivity contribution is 9.10. The summed E-state index contributed by atoms with van der Waals surface area (Å²) in [6.45, 7) is 3.18. The quantitative estimate of drug-likeness (QED) is 0.517. The molecule has 0 amide bonds. The molecule has 1 nitrogen and oxygen atoms in total. The van der Waals surface area contributed by atoms with Crippen molar-refractivity contribution in [2.24, 2.45) is 0 Å². The van der Waals surface area contributed by atoms with Gasteiger partial charge in [0.25, 0.3) is 0 Å². The standard InChI is InChI=1S/C16H15BrClNS2/c1-2-8-19-15(13-6-7-14(18)21-13)11-9-20-16-10(11)4-3-5-12(16)17/h3-7,9,15,19H,2,8H2,1H3. The third-order valence-electron chi connectivity index (χ3n) is 3.37. The van der Waals surface area contributed by atoms with E-state index in [1.165, 1.54) is 20.5 Å². The minimum atomic E-state index is 0.213. The molecule has 5 heteroatoms. The number of nitrogens with one attached hydrogen (secondary N) is 1. The first-order valence-corrected chi connectivity index (χ1v) is 9.71. The minimum Gasteiger partial charge on any atom is -0.306 e. The average Bonchev–Trinajstić information content (AvgIpc) is 3.08. The van der Waals surface area contributed by atoms with Crippen LogP contribution in [0.4, 0.5) is 0 Å². The van der Waals surface area contributed by atoms with Crippen LogP contribution in [0.25, 0.3) is 10.1 Å². The molecular formula is C16H15BrClNS2. The van der Waals surface area contributed by atoms with Crippen molar-refractivity contribution >= 4 is 60.3 Å². The molecule has 0 aliphatic rings. The van der Waals surface area contributed by atoms with Gasteiger partial charge in [-0.15, -0.1) is 22.7 Å². The summed E-state index contributed by atoms with van der Waals surface area (Å²) in [7, 11) is 0. The largest absolute Gasteiger partial charge is 0.306 e. The van der Waals surface area contributed by atoms with E-state index in [1.807, 2.05) is 6.07 Å². The van der Waals surface area contributed by atoms with Crippen LogP contribution >= 0.6 is 50.2 Å². The van der Waals surface area contributed by atoms with Crippen LogP contribution in [0.1, 0.15) is 29.8 Å². The molecule has 0 aliphatic heterocycles. The van der Waals surface area contributed by atoms with E-state index in [0.29, 0.717) is 0 Å². The molecule has 0 radical (unpaired) electrons. The van der Waals surface area contributed by atoms with Crippen LogP contribution in [0.3, 0.4) is 0 Å². The van der Waals surface area contributed by atoms with E-state index in [4.69, 9.17) is 11.6 Å². The highest BCUT2D eigenvalue weighted by atomic mass is 79.9. The molecule has 110 valence electrons. The van der Waals surface area contributed by atoms with Crippen molar-refractivity contribution in [3.05, 3.63) is 55.0 Å². The zero-order valence-electron chi connectivity index (χ0n) is 11.5. The van der Waals surface area contributed by atoms with Crippen LogP contribution in [-0.4, -0.2) is 6.54 Å². The van der Waals surface area contributed by atoms with Gasteiger partial charge in [0.1, 0.15) is 0 Å². The van der Waals surface area contributed by atoms with E-state index in [2.05, 4.69) is 57.8 Å². The molecule has 1 N–H and O–H groups in total. The lowest BCUT2D eigenvalue weighted by molar-refractivity contribution is 0.610. The second kappa shape index (κ2) is 6.80. The van der Waals surface area contributed by atoms with Gasteiger partial charge in [0, 0.05) is 14.0 Å². The van der Waals surface area contributed by atoms with Crippen LogP contribution in [-0.2, 0) is 0 Å². The number of benzene rings is 1. The summed E-state index contributed by atoms with van der Waals surface area (Å²) >= 11 is 13.2. The summed E-state index contributed by atoms with van der Waals surface area (Å²) < 4.78 is 3.31. The fourth-order valence-corrected chi connectivity index (χ4v) is 5.20. The first-order valence-electron chi connectivity index (χ1n) is 6.85. The van der Waals surface area contributed by atoms with Gasteiger partial charge in [-0.05, 0) is 63.4 Å². The fraction of sp³-hybridized carbons (Fsp3) is 0.250. The van der Waals surface area contributed by atoms with Crippen LogP contribution in [0.2, 0.25) is 4.34 Å². The van der Waals surface area contributed by atoms with Gasteiger partial charge in [-0.25, -0.2) is 0 Å². The molecule has 0 saturated heterocycles. The molecule has 3 aromatic rings. The zero-order chi connectivity index (χ0) is 14.8. The van der Waals surface area contributed by atoms with Crippen molar-refractivity contribution in [3.8, 4) is 0 Å². The maximum Gasteiger partial charge on any atom is 0.0931 e. The Bertz CT molecular complexity index is 750. The first-order chi connectivity index (χ1) is 10.2. The second-order valence-corrected chi connectivity index (χ2v) is 8.32. The van der Waals surface area contributed by atoms with Crippen LogP contribution in [0.5, 0.6) is 0 Å². The molecule has 21 heavy (non-hydrogen) atoms. The van der Waals surface area contributed by atoms with Crippen molar-refractivity contribution in [2.75, 3.05) is 6.54 Å². The molecular weight excluding hydrogens is 386 g/mol. The van der Waals surface area contributed by atoms with Gasteiger partial charge in [0.05, 0.1) is 10.4 Å². The van der Waals surface area contributed by atoms with E-state index in [0.717, 1.165) is 21.8 Å². The topological polar surface area (TPSA) is 12.0 Å². The number of halogens is 2. The Balaban J connectivity index is 2.08. The molecule has 0 spiro atoms. The third-order valence-corrected chi connectivity index (χ3v) is 6.64. The predicted octanol–water partition coefficient (Wildman–Crippen LogP) is 6.47. The Morgan fingerprint density at radius 3 is 2.86 bits per heavy atom. The number of thiophene rings is 2. The first kappa shape index (κ1) is 15.5. The smallest absolute Gasteiger partial charge is 0.0931 e. The molecule has 0 saturated carbocycles. The molecule has 1 unspecified atom stereocenters. The van der Waals surface area contributed by atoms with Crippen molar-refractivity contribution in [1.29, 1.82) is 0 Å². The number of hydrogen-bond donors (Lipinski definition) is 1. The Labute approximate surface area is 146 Å². The second-order valence-electron chi connectivity index (χ2n) is 4.84. The molecule has 3 rings (SSSR count). The molecule has 0 bridgehead atoms. The number of fused-ring (bicyclic) bond motifs is 1. The molecule has 1 aromatic carbocycles. The van der Waals surface area contributed by atoms with E-state index >= 15 is 0 Å². The predicted molar refractivity (Wildman–Crippen MR) is 99.0 cm³/mol. The molecule has 2 aromatic heterocycles. The Kier molecular flexibility index (Phi) is 5.02. The van der Waals surface area contributed by atoms with Crippen molar-refractivity contribution in [2.45, 2.75) is 19.4 Å². The van der Waals surface area contributed by atoms with Gasteiger partial charge in [-0.1, -0.05) is 30.7 Å². The van der Waals surface area contributed by atoms with Crippen molar-refractivity contribution in [3.63, 3.8) is 0 Å². The number of rotatable bonds is 5. The minimum absolute atomic E-state index is 0.213. The van der Waals surface area contributed by atoms with Crippen LogP contribution < -0.4 is 5.32 Å². The SMILES string of the molecule is CCCNC(c1ccc(Cl)s1)c1csc2c(Br)cccc12. The van der Waals surface area contributed by atoms with E-state index < -0.39 is 0 Å². The summed E-state index contributed by atoms with van der Waals surface area (Å²) in [6, 6.07) is 10.7. The summed E-state index contributed by atoms with van der Waals surface area (Å²) in [5, 5.41) is 7.23. The summed E-state index contributed by atoms with van der Waals surface area (Å²) in [4.78, 5) is 1.27. The summed E-state index contributed by atoms with van der Waals surface area (Å²) in [6.07, 6.45) is 1.11. The van der Waals surface area contributed by atoms with Crippen molar-refractivity contribution in [1.82, 2.24) is 5.32 Å². The average molecular weight is 401 g/mol. The fourth-order valence-electron chi connectivity index (χ4n) is 2.40. The van der Waals surface area contributed by atoms with E-state index in [9.17, 15) is 0 Å². The van der Waals surface area contributed by atoms with Gasteiger partial charge in [-0.2, -0.15) is 0 Å². The number of hydrogen-bond acceptors (Lipinski definition) is 3. The third kappa shape index (κ3) is 3.20. The zero-order valence-corrected chi connectivity index (χ0v) is 15.5. The normalized spacial score (nSPS) is 12.9. The lowest BCUT2D eigenvalue weighted by Gasteiger charge is -2.17. The highest BCUT2D eigenvalue weighted by Crippen LogP contribution is 2.39. The molecule has 0 aliphatic carbocycles. The monoisotopic (exact) mass is 399 g/mol. The van der Waals surface area contributed by atoms with Gasteiger partial charge in [-0.3, -0.25) is 0 Å². The van der Waals surface area contributed by atoms with Gasteiger partial charge < -0.3 is 5.32 Å². The van der Waals surface area contributed by atoms with Gasteiger partial charge in [0.15, 0.2) is 0 Å². The van der Waals surface area contributed by atoms with Gasteiger partial charge in [0.2, 0.25) is 0 Å². The van der Waals surface area contributed by atoms with Crippen LogP contribution in [0.15, 0.2) is 40.2 Å². The van der Waals surface area contributed by atoms with E-state index in [-0.39, 0.29) is 6.04 Å². The summed E-state index contributed by atoms with van der Waals surface area (Å²) in [5.41, 5.74) is 1.34. The van der Waals surface area contributed by atoms with Crippen molar-refractivity contribution < 1.29 is 0 Å². The lowest BCUT2D eigenvalue weighted by atomic mass is 10.0. The Morgan fingerprint density at radius 1 is 1.29 bits per heavy atom. The molecule has 0 fully saturated rings. The van der Waals surface area contributed by atoms with Gasteiger partial charge >= 0.3 is 0 Å².